The van der Waals surface area contributed by atoms with E-state index in [9.17, 15) is 8.78 Å². The van der Waals surface area contributed by atoms with Gasteiger partial charge in [0.25, 0.3) is 0 Å². The lowest BCUT2D eigenvalue weighted by molar-refractivity contribution is 0.506. The normalized spacial score (nSPS) is 12.4. The molecule has 1 heterocycles. The van der Waals surface area contributed by atoms with Crippen LogP contribution in [0.5, 0.6) is 0 Å². The molecule has 2 nitrogen and oxygen atoms in total. The maximum absolute atomic E-state index is 13.0. The molecule has 4 heteroatoms. The Bertz CT molecular complexity index is 486. The molecule has 0 aliphatic heterocycles. The molecule has 0 fully saturated rings. The van der Waals surface area contributed by atoms with Crippen molar-refractivity contribution < 1.29 is 8.78 Å². The number of aromatic nitrogens is 1. The number of hydrogen-bond donors (Lipinski definition) is 1. The summed E-state index contributed by atoms with van der Waals surface area (Å²) in [5, 5.41) is 0. The van der Waals surface area contributed by atoms with Crippen LogP contribution in [-0.2, 0) is 0 Å². The van der Waals surface area contributed by atoms with Crippen molar-refractivity contribution >= 4 is 0 Å². The first-order chi connectivity index (χ1) is 7.68. The van der Waals surface area contributed by atoms with E-state index in [-0.39, 0.29) is 0 Å². The van der Waals surface area contributed by atoms with Crippen LogP contribution in [0.15, 0.2) is 42.7 Å². The molecule has 0 saturated carbocycles. The van der Waals surface area contributed by atoms with E-state index < -0.39 is 17.7 Å². The first kappa shape index (κ1) is 10.7. The van der Waals surface area contributed by atoms with Gasteiger partial charge in [-0.2, -0.15) is 0 Å². The first-order valence-corrected chi connectivity index (χ1v) is 4.79. The Hall–Kier alpha value is -1.81. The van der Waals surface area contributed by atoms with Crippen molar-refractivity contribution in [2.24, 2.45) is 5.73 Å². The van der Waals surface area contributed by atoms with E-state index in [2.05, 4.69) is 4.98 Å². The number of pyridine rings is 1. The van der Waals surface area contributed by atoms with Gasteiger partial charge in [-0.1, -0.05) is 12.1 Å². The van der Waals surface area contributed by atoms with Crippen molar-refractivity contribution in [2.45, 2.75) is 6.04 Å². The average molecular weight is 220 g/mol. The minimum Gasteiger partial charge on any atom is -0.320 e. The first-order valence-electron chi connectivity index (χ1n) is 4.79. The highest BCUT2D eigenvalue weighted by molar-refractivity contribution is 5.30. The minimum atomic E-state index is -0.892. The van der Waals surface area contributed by atoms with Crippen LogP contribution >= 0.6 is 0 Å². The fourth-order valence-electron chi connectivity index (χ4n) is 1.46. The Balaban J connectivity index is 2.34. The second kappa shape index (κ2) is 4.37. The van der Waals surface area contributed by atoms with Crippen LogP contribution in [0, 0.1) is 11.6 Å². The van der Waals surface area contributed by atoms with Crippen LogP contribution in [0.1, 0.15) is 17.2 Å². The van der Waals surface area contributed by atoms with Gasteiger partial charge in [-0.3, -0.25) is 4.98 Å². The van der Waals surface area contributed by atoms with E-state index in [0.29, 0.717) is 5.56 Å². The minimum absolute atomic E-state index is 0.496. The zero-order chi connectivity index (χ0) is 11.5. The van der Waals surface area contributed by atoms with Crippen molar-refractivity contribution in [3.05, 3.63) is 65.5 Å². The number of benzene rings is 1. The van der Waals surface area contributed by atoms with Crippen LogP contribution in [0.4, 0.5) is 8.78 Å². The lowest BCUT2D eigenvalue weighted by Crippen LogP contribution is -2.12. The van der Waals surface area contributed by atoms with E-state index in [1.54, 1.807) is 24.5 Å². The molecule has 2 aromatic rings. The molecule has 0 spiro atoms. The molecule has 2 rings (SSSR count). The number of halogens is 2. The second-order valence-corrected chi connectivity index (χ2v) is 3.44. The van der Waals surface area contributed by atoms with Gasteiger partial charge in [0.15, 0.2) is 11.6 Å². The van der Waals surface area contributed by atoms with E-state index in [1.165, 1.54) is 6.07 Å². The fraction of sp³-hybridized carbons (Fsp3) is 0.0833. The zero-order valence-electron chi connectivity index (χ0n) is 8.40. The van der Waals surface area contributed by atoms with Crippen molar-refractivity contribution in [3.8, 4) is 0 Å². The van der Waals surface area contributed by atoms with Gasteiger partial charge in [0, 0.05) is 12.4 Å². The summed E-state index contributed by atoms with van der Waals surface area (Å²) in [7, 11) is 0. The molecular weight excluding hydrogens is 210 g/mol. The summed E-state index contributed by atoms with van der Waals surface area (Å²) in [6.07, 6.45) is 3.23. The number of nitrogens with two attached hydrogens (primary N) is 1. The lowest BCUT2D eigenvalue weighted by atomic mass is 10.0. The maximum atomic E-state index is 13.0. The van der Waals surface area contributed by atoms with Gasteiger partial charge in [0.1, 0.15) is 0 Å². The average Bonchev–Trinajstić information content (AvgIpc) is 2.33. The topological polar surface area (TPSA) is 38.9 Å². The molecule has 0 radical (unpaired) electrons. The summed E-state index contributed by atoms with van der Waals surface area (Å²) in [6.45, 7) is 0. The van der Waals surface area contributed by atoms with Gasteiger partial charge in [-0.05, 0) is 29.3 Å². The van der Waals surface area contributed by atoms with Crippen LogP contribution in [0.25, 0.3) is 0 Å². The molecular formula is C12H10F2N2. The van der Waals surface area contributed by atoms with Crippen LogP contribution < -0.4 is 5.73 Å². The Morgan fingerprint density at radius 1 is 1.06 bits per heavy atom. The van der Waals surface area contributed by atoms with Gasteiger partial charge < -0.3 is 5.73 Å². The summed E-state index contributed by atoms with van der Waals surface area (Å²) in [5.74, 6) is -1.76. The molecule has 1 aromatic heterocycles. The van der Waals surface area contributed by atoms with E-state index >= 15 is 0 Å². The third-order valence-corrected chi connectivity index (χ3v) is 2.35. The Morgan fingerprint density at radius 2 is 1.88 bits per heavy atom. The Morgan fingerprint density at radius 3 is 2.50 bits per heavy atom. The highest BCUT2D eigenvalue weighted by Gasteiger charge is 2.11. The zero-order valence-corrected chi connectivity index (χ0v) is 8.40. The predicted molar refractivity (Wildman–Crippen MR) is 56.6 cm³/mol. The van der Waals surface area contributed by atoms with Gasteiger partial charge in [0.05, 0.1) is 6.04 Å². The van der Waals surface area contributed by atoms with Crippen molar-refractivity contribution in [1.29, 1.82) is 0 Å². The second-order valence-electron chi connectivity index (χ2n) is 3.44. The summed E-state index contributed by atoms with van der Waals surface area (Å²) in [6, 6.07) is 6.68. The molecule has 0 aliphatic rings. The highest BCUT2D eigenvalue weighted by atomic mass is 19.2. The van der Waals surface area contributed by atoms with Gasteiger partial charge in [0.2, 0.25) is 0 Å². The van der Waals surface area contributed by atoms with Crippen molar-refractivity contribution in [3.63, 3.8) is 0 Å². The lowest BCUT2D eigenvalue weighted by Gasteiger charge is -2.11. The Labute approximate surface area is 91.7 Å². The van der Waals surface area contributed by atoms with Gasteiger partial charge in [-0.25, -0.2) is 8.78 Å². The SMILES string of the molecule is N[C@H](c1cccnc1)c1ccc(F)c(F)c1. The maximum Gasteiger partial charge on any atom is 0.159 e. The summed E-state index contributed by atoms with van der Waals surface area (Å²) in [4.78, 5) is 3.92. The van der Waals surface area contributed by atoms with Crippen molar-refractivity contribution in [2.75, 3.05) is 0 Å². The molecule has 2 N–H and O–H groups in total. The van der Waals surface area contributed by atoms with E-state index in [1.807, 2.05) is 0 Å². The fourth-order valence-corrected chi connectivity index (χ4v) is 1.46. The molecule has 0 unspecified atom stereocenters. The van der Waals surface area contributed by atoms with E-state index in [4.69, 9.17) is 5.73 Å². The quantitative estimate of drug-likeness (QED) is 0.844. The van der Waals surface area contributed by atoms with Crippen LogP contribution in [0.3, 0.4) is 0 Å². The number of hydrogen-bond acceptors (Lipinski definition) is 2. The molecule has 1 aromatic carbocycles. The molecule has 0 aliphatic carbocycles. The molecule has 16 heavy (non-hydrogen) atoms. The third kappa shape index (κ3) is 2.06. The smallest absolute Gasteiger partial charge is 0.159 e. The molecule has 82 valence electrons. The highest BCUT2D eigenvalue weighted by Crippen LogP contribution is 2.20. The molecule has 0 saturated heterocycles. The molecule has 0 amide bonds. The van der Waals surface area contributed by atoms with Gasteiger partial charge >= 0.3 is 0 Å². The summed E-state index contributed by atoms with van der Waals surface area (Å²) < 4.78 is 25.7. The Kier molecular flexibility index (Phi) is 2.92. The number of rotatable bonds is 2. The molecule has 1 atom stereocenters. The number of nitrogens with zero attached hydrogens (tertiary/aromatic N) is 1. The summed E-state index contributed by atoms with van der Waals surface area (Å²) >= 11 is 0. The van der Waals surface area contributed by atoms with Gasteiger partial charge in [-0.15, -0.1) is 0 Å². The largest absolute Gasteiger partial charge is 0.320 e. The standard InChI is InChI=1S/C12H10F2N2/c13-10-4-3-8(6-11(10)14)12(15)9-2-1-5-16-7-9/h1-7,12H,15H2/t12-/m0/s1. The third-order valence-electron chi connectivity index (χ3n) is 2.35. The molecule has 0 bridgehead atoms. The summed E-state index contributed by atoms with van der Waals surface area (Å²) in [5.41, 5.74) is 7.18. The van der Waals surface area contributed by atoms with E-state index in [0.717, 1.165) is 17.7 Å². The van der Waals surface area contributed by atoms with Crippen molar-refractivity contribution in [1.82, 2.24) is 4.98 Å². The predicted octanol–water partition coefficient (Wildman–Crippen LogP) is 2.41. The van der Waals surface area contributed by atoms with Crippen LogP contribution in [0.2, 0.25) is 0 Å². The monoisotopic (exact) mass is 220 g/mol. The van der Waals surface area contributed by atoms with Crippen LogP contribution in [-0.4, -0.2) is 4.98 Å².